The van der Waals surface area contributed by atoms with Crippen molar-refractivity contribution in [2.75, 3.05) is 13.2 Å². The maximum atomic E-state index is 13.1. The number of rotatable bonds is 49. The molecule has 0 aliphatic carbocycles. The summed E-state index contributed by atoms with van der Waals surface area (Å²) in [6, 6.07) is 0. The molecule has 1 aliphatic heterocycles. The van der Waals surface area contributed by atoms with E-state index < -0.39 is 67.3 Å². The van der Waals surface area contributed by atoms with Crippen molar-refractivity contribution in [1.82, 2.24) is 0 Å². The third kappa shape index (κ3) is 39.5. The normalized spacial score (nSPS) is 18.7. The lowest BCUT2D eigenvalue weighted by Gasteiger charge is -2.40. The first-order chi connectivity index (χ1) is 35.6. The number of hydrogen-bond donors (Lipinski definition) is 3. The standard InChI is InChI=1S/C61H104O12/c1-4-7-10-13-16-19-21-23-25-27-29-31-33-36-38-41-44-47-53(62)69-50-52(71-54(63)48-45-42-39-35-18-15-12-9-6-3)51-70-61-59(57(66)56(65)58(73-61)60(67)68)72-55(64)49-46-43-40-37-34-32-30-28-26-24-22-20-17-14-11-8-5-2/h7,10,16-17,19-20,23-26,52,56-59,61,65-66H,4-6,8-9,11-15,18,21-22,27-51H2,1-3H3,(H,67,68)/b10-7-,19-16-,20-17-,25-23-,26-24-. The Labute approximate surface area is 443 Å². The molecule has 3 N–H and O–H groups in total. The number of carbonyl (C=O) groups excluding carboxylic acids is 3. The van der Waals surface area contributed by atoms with Gasteiger partial charge in [-0.05, 0) is 83.5 Å². The van der Waals surface area contributed by atoms with E-state index in [-0.39, 0.29) is 25.9 Å². The summed E-state index contributed by atoms with van der Waals surface area (Å²) < 4.78 is 28.4. The molecule has 1 fully saturated rings. The zero-order chi connectivity index (χ0) is 53.3. The average Bonchev–Trinajstić information content (AvgIpc) is 3.37. The molecule has 0 amide bonds. The van der Waals surface area contributed by atoms with Crippen molar-refractivity contribution in [3.05, 3.63) is 60.8 Å². The van der Waals surface area contributed by atoms with Gasteiger partial charge in [-0.1, -0.05) is 210 Å². The number of aliphatic carboxylic acids is 1. The molecule has 12 nitrogen and oxygen atoms in total. The van der Waals surface area contributed by atoms with E-state index in [1.807, 2.05) is 0 Å². The van der Waals surface area contributed by atoms with E-state index in [9.17, 15) is 34.5 Å². The molecular formula is C61H104O12. The summed E-state index contributed by atoms with van der Waals surface area (Å²) in [5.74, 6) is -3.13. The molecular weight excluding hydrogens is 925 g/mol. The van der Waals surface area contributed by atoms with Gasteiger partial charge in [-0.15, -0.1) is 0 Å². The number of carbonyl (C=O) groups is 4. The Bertz CT molecular complexity index is 1500. The number of ether oxygens (including phenoxy) is 5. The highest BCUT2D eigenvalue weighted by molar-refractivity contribution is 5.74. The first-order valence-corrected chi connectivity index (χ1v) is 29.3. The van der Waals surface area contributed by atoms with Gasteiger partial charge in [0, 0.05) is 19.3 Å². The van der Waals surface area contributed by atoms with Gasteiger partial charge < -0.3 is 39.0 Å². The predicted octanol–water partition coefficient (Wildman–Crippen LogP) is 14.8. The van der Waals surface area contributed by atoms with Gasteiger partial charge >= 0.3 is 23.9 Å². The second kappa shape index (κ2) is 49.3. The highest BCUT2D eigenvalue weighted by Gasteiger charge is 2.50. The highest BCUT2D eigenvalue weighted by atomic mass is 16.7. The molecule has 420 valence electrons. The Morgan fingerprint density at radius 1 is 0.466 bits per heavy atom. The first-order valence-electron chi connectivity index (χ1n) is 29.3. The zero-order valence-electron chi connectivity index (χ0n) is 46.1. The fourth-order valence-electron chi connectivity index (χ4n) is 8.59. The van der Waals surface area contributed by atoms with Gasteiger partial charge in [-0.25, -0.2) is 4.79 Å². The van der Waals surface area contributed by atoms with Crippen LogP contribution in [0.15, 0.2) is 60.8 Å². The summed E-state index contributed by atoms with van der Waals surface area (Å²) in [7, 11) is 0. The van der Waals surface area contributed by atoms with Gasteiger partial charge in [0.2, 0.25) is 0 Å². The van der Waals surface area contributed by atoms with E-state index in [4.69, 9.17) is 23.7 Å². The lowest BCUT2D eigenvalue weighted by molar-refractivity contribution is -0.301. The van der Waals surface area contributed by atoms with Crippen molar-refractivity contribution in [3.63, 3.8) is 0 Å². The molecule has 12 heteroatoms. The van der Waals surface area contributed by atoms with E-state index in [0.29, 0.717) is 19.3 Å². The Balaban J connectivity index is 2.65. The minimum atomic E-state index is -1.91. The van der Waals surface area contributed by atoms with Gasteiger partial charge in [0.05, 0.1) is 6.61 Å². The van der Waals surface area contributed by atoms with E-state index in [1.54, 1.807) is 0 Å². The first kappa shape index (κ1) is 67.4. The van der Waals surface area contributed by atoms with Gasteiger partial charge in [0.1, 0.15) is 18.8 Å². The largest absolute Gasteiger partial charge is 0.479 e. The summed E-state index contributed by atoms with van der Waals surface area (Å²) in [5.41, 5.74) is 0. The molecule has 0 spiro atoms. The topological polar surface area (TPSA) is 175 Å². The van der Waals surface area contributed by atoms with Crippen LogP contribution in [0, 0.1) is 0 Å². The van der Waals surface area contributed by atoms with Gasteiger partial charge in [0.15, 0.2) is 24.6 Å². The number of unbranched alkanes of at least 4 members (excludes halogenated alkanes) is 25. The Hall–Kier alpha value is -3.58. The lowest BCUT2D eigenvalue weighted by atomic mass is 9.98. The number of esters is 3. The quantitative estimate of drug-likeness (QED) is 0.0228. The highest BCUT2D eigenvalue weighted by Crippen LogP contribution is 2.26. The zero-order valence-corrected chi connectivity index (χ0v) is 46.1. The predicted molar refractivity (Wildman–Crippen MR) is 294 cm³/mol. The molecule has 0 radical (unpaired) electrons. The van der Waals surface area contributed by atoms with Gasteiger partial charge in [0.25, 0.3) is 0 Å². The lowest BCUT2D eigenvalue weighted by Crippen LogP contribution is -2.61. The Morgan fingerprint density at radius 3 is 1.34 bits per heavy atom. The van der Waals surface area contributed by atoms with Crippen molar-refractivity contribution in [2.45, 2.75) is 289 Å². The van der Waals surface area contributed by atoms with E-state index in [2.05, 4.69) is 81.5 Å². The summed E-state index contributed by atoms with van der Waals surface area (Å²) in [6.07, 6.45) is 47.7. The molecule has 1 aliphatic rings. The monoisotopic (exact) mass is 1030 g/mol. The number of aliphatic hydroxyl groups excluding tert-OH is 2. The van der Waals surface area contributed by atoms with Crippen LogP contribution in [-0.4, -0.2) is 89.2 Å². The van der Waals surface area contributed by atoms with E-state index in [1.165, 1.54) is 64.2 Å². The van der Waals surface area contributed by atoms with Crippen LogP contribution < -0.4 is 0 Å². The number of aliphatic hydroxyl groups is 2. The third-order valence-corrected chi connectivity index (χ3v) is 13.1. The second-order valence-corrected chi connectivity index (χ2v) is 19.9. The van der Waals surface area contributed by atoms with Crippen molar-refractivity contribution < 1.29 is 58.2 Å². The van der Waals surface area contributed by atoms with Gasteiger partial charge in [-0.3, -0.25) is 14.4 Å². The van der Waals surface area contributed by atoms with Crippen LogP contribution in [0.25, 0.3) is 0 Å². The van der Waals surface area contributed by atoms with Crippen LogP contribution in [0.5, 0.6) is 0 Å². The molecule has 0 bridgehead atoms. The Kier molecular flexibility index (Phi) is 45.5. The minimum absolute atomic E-state index is 0.0511. The molecule has 1 saturated heterocycles. The van der Waals surface area contributed by atoms with E-state index >= 15 is 0 Å². The van der Waals surface area contributed by atoms with Crippen molar-refractivity contribution in [2.24, 2.45) is 0 Å². The molecule has 6 unspecified atom stereocenters. The van der Waals surface area contributed by atoms with Crippen LogP contribution in [0.1, 0.15) is 252 Å². The van der Waals surface area contributed by atoms with Crippen LogP contribution in [-0.2, 0) is 42.9 Å². The molecule has 0 aromatic heterocycles. The molecule has 0 saturated carbocycles. The molecule has 73 heavy (non-hydrogen) atoms. The fourth-order valence-corrected chi connectivity index (χ4v) is 8.59. The Morgan fingerprint density at radius 2 is 0.863 bits per heavy atom. The van der Waals surface area contributed by atoms with Gasteiger partial charge in [-0.2, -0.15) is 0 Å². The van der Waals surface area contributed by atoms with Crippen molar-refractivity contribution >= 4 is 23.9 Å². The SMILES string of the molecule is CC/C=C\C/C=C\C/C=C\CCCCCCCCCC(=O)OCC(COC1OC(C(=O)O)C(O)C(O)C1OC(=O)CCCCCCCCC/C=C\C/C=C\CCCCC)OC(=O)CCCCCCCCCCC. The smallest absolute Gasteiger partial charge is 0.335 e. The average molecular weight is 1030 g/mol. The maximum absolute atomic E-state index is 13.1. The summed E-state index contributed by atoms with van der Waals surface area (Å²) in [6.45, 7) is 5.82. The third-order valence-electron chi connectivity index (χ3n) is 13.1. The number of carboxylic acids is 1. The van der Waals surface area contributed by atoms with Crippen LogP contribution >= 0.6 is 0 Å². The van der Waals surface area contributed by atoms with Crippen molar-refractivity contribution in [3.8, 4) is 0 Å². The summed E-state index contributed by atoms with van der Waals surface area (Å²) in [5, 5.41) is 31.4. The van der Waals surface area contributed by atoms with E-state index in [0.717, 1.165) is 128 Å². The number of hydrogen-bond acceptors (Lipinski definition) is 11. The summed E-state index contributed by atoms with van der Waals surface area (Å²) in [4.78, 5) is 51.0. The van der Waals surface area contributed by atoms with Crippen LogP contribution in [0.2, 0.25) is 0 Å². The van der Waals surface area contributed by atoms with Crippen molar-refractivity contribution in [1.29, 1.82) is 0 Å². The molecule has 6 atom stereocenters. The maximum Gasteiger partial charge on any atom is 0.335 e. The molecule has 1 heterocycles. The number of allylic oxidation sites excluding steroid dienone is 10. The van der Waals surface area contributed by atoms with Crippen LogP contribution in [0.4, 0.5) is 0 Å². The molecule has 0 aromatic carbocycles. The fraction of sp³-hybridized carbons (Fsp3) is 0.770. The number of carboxylic acid groups (broad SMARTS) is 1. The molecule has 1 rings (SSSR count). The second-order valence-electron chi connectivity index (χ2n) is 19.9. The minimum Gasteiger partial charge on any atom is -0.479 e. The summed E-state index contributed by atoms with van der Waals surface area (Å²) >= 11 is 0. The molecule has 0 aromatic rings. The van der Waals surface area contributed by atoms with Crippen LogP contribution in [0.3, 0.4) is 0 Å².